The highest BCUT2D eigenvalue weighted by Gasteiger charge is 2.23. The molecule has 0 aliphatic carbocycles. The molecule has 0 aliphatic heterocycles. The highest BCUT2D eigenvalue weighted by atomic mass is 32.3. The lowest BCUT2D eigenvalue weighted by Crippen LogP contribution is -2.18. The molecule has 0 aromatic heterocycles. The molecule has 0 aromatic rings. The minimum Gasteiger partial charge on any atom is -0.195 e. The summed E-state index contributed by atoms with van der Waals surface area (Å²) in [4.78, 5) is 0. The van der Waals surface area contributed by atoms with E-state index in [9.17, 15) is 8.42 Å². The first-order valence-electron chi connectivity index (χ1n) is 8.57. The Morgan fingerprint density at radius 3 is 1.71 bits per heavy atom. The van der Waals surface area contributed by atoms with Gasteiger partial charge in [0, 0.05) is 0 Å². The standard InChI is InChI=1S/C16H35O3S2/c1-4-6-7-8-9-10-11-12-13-14-15-20(3)19-21(17,18)16-5-2/h4-16H2,1-3H3/q+1. The quantitative estimate of drug-likeness (QED) is 0.317. The third kappa shape index (κ3) is 14.9. The molecule has 0 fully saturated rings. The first-order chi connectivity index (χ1) is 10.0. The predicted octanol–water partition coefficient (Wildman–Crippen LogP) is 4.83. The molecule has 3 nitrogen and oxygen atoms in total. The Labute approximate surface area is 135 Å². The summed E-state index contributed by atoms with van der Waals surface area (Å²) >= 11 is -0.442. The Balaban J connectivity index is 3.38. The van der Waals surface area contributed by atoms with Crippen LogP contribution in [0.3, 0.4) is 0 Å². The SMILES string of the molecule is CCCCCCCCCCCC[S+](C)OS(=O)(=O)CCC. The molecule has 5 heteroatoms. The molecule has 0 saturated heterocycles. The van der Waals surface area contributed by atoms with Crippen molar-refractivity contribution in [1.29, 1.82) is 0 Å². The van der Waals surface area contributed by atoms with Crippen LogP contribution in [0.5, 0.6) is 0 Å². The second kappa shape index (κ2) is 13.9. The summed E-state index contributed by atoms with van der Waals surface area (Å²) < 4.78 is 28.2. The zero-order chi connectivity index (χ0) is 16.0. The summed E-state index contributed by atoms with van der Waals surface area (Å²) in [6, 6.07) is 0. The van der Waals surface area contributed by atoms with Crippen molar-refractivity contribution < 1.29 is 12.0 Å². The Bertz CT molecular complexity index is 315. The third-order valence-corrected chi connectivity index (χ3v) is 6.99. The topological polar surface area (TPSA) is 43.4 Å². The molecule has 0 rings (SSSR count). The average molecular weight is 340 g/mol. The van der Waals surface area contributed by atoms with Gasteiger partial charge in [0.2, 0.25) is 0 Å². The van der Waals surface area contributed by atoms with E-state index >= 15 is 0 Å². The average Bonchev–Trinajstić information content (AvgIpc) is 2.40. The van der Waals surface area contributed by atoms with Crippen molar-refractivity contribution in [2.75, 3.05) is 17.8 Å². The van der Waals surface area contributed by atoms with Crippen LogP contribution in [0, 0.1) is 0 Å². The van der Waals surface area contributed by atoms with Crippen molar-refractivity contribution in [3.8, 4) is 0 Å². The molecule has 21 heavy (non-hydrogen) atoms. The number of hydrogen-bond donors (Lipinski definition) is 0. The molecule has 0 heterocycles. The first kappa shape index (κ1) is 21.3. The number of unbranched alkanes of at least 4 members (excludes halogenated alkanes) is 9. The van der Waals surface area contributed by atoms with Crippen molar-refractivity contribution >= 4 is 21.3 Å². The molecule has 0 aliphatic rings. The molecule has 1 unspecified atom stereocenters. The van der Waals surface area contributed by atoms with Gasteiger partial charge in [0.25, 0.3) is 0 Å². The van der Waals surface area contributed by atoms with Crippen molar-refractivity contribution in [3.05, 3.63) is 0 Å². The summed E-state index contributed by atoms with van der Waals surface area (Å²) in [5.74, 6) is 1.02. The van der Waals surface area contributed by atoms with Crippen molar-refractivity contribution in [1.82, 2.24) is 0 Å². The van der Waals surface area contributed by atoms with Crippen molar-refractivity contribution in [2.45, 2.75) is 84.5 Å². The fourth-order valence-corrected chi connectivity index (χ4v) is 5.36. The monoisotopic (exact) mass is 339 g/mol. The second-order valence-corrected chi connectivity index (χ2v) is 9.41. The molecular formula is C16H35O3S2+. The molecule has 0 aromatic carbocycles. The van der Waals surface area contributed by atoms with Gasteiger partial charge in [0.15, 0.2) is 11.2 Å². The van der Waals surface area contributed by atoms with Crippen molar-refractivity contribution in [3.63, 3.8) is 0 Å². The maximum atomic E-state index is 11.5. The van der Waals surface area contributed by atoms with Gasteiger partial charge in [-0.25, -0.2) is 0 Å². The van der Waals surface area contributed by atoms with E-state index in [1.165, 1.54) is 57.8 Å². The van der Waals surface area contributed by atoms with Crippen LogP contribution < -0.4 is 0 Å². The smallest absolute Gasteiger partial charge is 0.195 e. The van der Waals surface area contributed by atoms with Crippen LogP contribution in [0.4, 0.5) is 0 Å². The largest absolute Gasteiger partial charge is 0.311 e. The lowest BCUT2D eigenvalue weighted by Gasteiger charge is -2.03. The van der Waals surface area contributed by atoms with E-state index < -0.39 is 21.3 Å². The van der Waals surface area contributed by atoms with E-state index in [2.05, 4.69) is 6.92 Å². The van der Waals surface area contributed by atoms with Gasteiger partial charge in [-0.15, -0.1) is 0 Å². The van der Waals surface area contributed by atoms with Gasteiger partial charge in [-0.3, -0.25) is 0 Å². The third-order valence-electron chi connectivity index (χ3n) is 3.46. The van der Waals surface area contributed by atoms with Crippen LogP contribution >= 0.6 is 0 Å². The molecule has 0 bridgehead atoms. The van der Waals surface area contributed by atoms with Crippen LogP contribution in [0.2, 0.25) is 0 Å². The van der Waals surface area contributed by atoms with Gasteiger partial charge in [0.1, 0.15) is 12.0 Å². The van der Waals surface area contributed by atoms with Crippen LogP contribution in [0.25, 0.3) is 0 Å². The normalized spacial score (nSPS) is 13.5. The van der Waals surface area contributed by atoms with Gasteiger partial charge in [-0.1, -0.05) is 65.2 Å². The molecule has 128 valence electrons. The van der Waals surface area contributed by atoms with Crippen LogP contribution in [-0.4, -0.2) is 26.2 Å². The summed E-state index contributed by atoms with van der Waals surface area (Å²) in [7, 11) is -3.28. The van der Waals surface area contributed by atoms with Gasteiger partial charge in [-0.2, -0.15) is 8.42 Å². The maximum Gasteiger partial charge on any atom is 0.311 e. The number of hydrogen-bond acceptors (Lipinski definition) is 3. The maximum absolute atomic E-state index is 11.5. The van der Waals surface area contributed by atoms with Gasteiger partial charge < -0.3 is 0 Å². The zero-order valence-electron chi connectivity index (χ0n) is 14.2. The lowest BCUT2D eigenvalue weighted by molar-refractivity contribution is 0.511. The van der Waals surface area contributed by atoms with Crippen LogP contribution in [-0.2, 0) is 24.9 Å². The predicted molar refractivity (Wildman–Crippen MR) is 95.2 cm³/mol. The Morgan fingerprint density at radius 1 is 0.762 bits per heavy atom. The molecular weight excluding hydrogens is 304 g/mol. The molecule has 1 atom stereocenters. The van der Waals surface area contributed by atoms with E-state index in [0.29, 0.717) is 6.42 Å². The Morgan fingerprint density at radius 2 is 1.24 bits per heavy atom. The van der Waals surface area contributed by atoms with E-state index in [0.717, 1.165) is 12.2 Å². The van der Waals surface area contributed by atoms with Crippen molar-refractivity contribution in [2.24, 2.45) is 0 Å². The molecule has 0 N–H and O–H groups in total. The molecule has 0 radical (unpaired) electrons. The highest BCUT2D eigenvalue weighted by Crippen LogP contribution is 2.12. The summed E-state index contributed by atoms with van der Waals surface area (Å²) in [5.41, 5.74) is 0. The minimum absolute atomic E-state index is 0.141. The minimum atomic E-state index is -3.28. The van der Waals surface area contributed by atoms with Crippen LogP contribution in [0.15, 0.2) is 0 Å². The van der Waals surface area contributed by atoms with E-state index in [1.807, 2.05) is 13.2 Å². The highest BCUT2D eigenvalue weighted by molar-refractivity contribution is 8.02. The van der Waals surface area contributed by atoms with Crippen LogP contribution in [0.1, 0.15) is 84.5 Å². The van der Waals surface area contributed by atoms with E-state index in [-0.39, 0.29) is 5.75 Å². The summed E-state index contributed by atoms with van der Waals surface area (Å²) in [5, 5.41) is 0. The summed E-state index contributed by atoms with van der Waals surface area (Å²) in [6.45, 7) is 4.11. The Kier molecular flexibility index (Phi) is 14.1. The van der Waals surface area contributed by atoms with E-state index in [1.54, 1.807) is 0 Å². The number of rotatable bonds is 15. The fraction of sp³-hybridized carbons (Fsp3) is 1.00. The molecule has 0 spiro atoms. The zero-order valence-corrected chi connectivity index (χ0v) is 15.9. The summed E-state index contributed by atoms with van der Waals surface area (Å²) in [6.07, 6.45) is 15.6. The van der Waals surface area contributed by atoms with Gasteiger partial charge in [-0.05, 0) is 22.9 Å². The Hall–Kier alpha value is 0.260. The molecule has 0 saturated carbocycles. The van der Waals surface area contributed by atoms with Gasteiger partial charge >= 0.3 is 10.1 Å². The van der Waals surface area contributed by atoms with E-state index in [4.69, 9.17) is 3.63 Å². The second-order valence-electron chi connectivity index (χ2n) is 5.79. The lowest BCUT2D eigenvalue weighted by atomic mass is 10.1. The fourth-order valence-electron chi connectivity index (χ4n) is 2.29. The molecule has 0 amide bonds. The first-order valence-corrected chi connectivity index (χ1v) is 11.9. The van der Waals surface area contributed by atoms with Gasteiger partial charge in [0.05, 0.1) is 5.75 Å².